The summed E-state index contributed by atoms with van der Waals surface area (Å²) in [4.78, 5) is 61.5. The van der Waals surface area contributed by atoms with Gasteiger partial charge in [0.1, 0.15) is 17.9 Å². The van der Waals surface area contributed by atoms with Gasteiger partial charge >= 0.3 is 11.9 Å². The van der Waals surface area contributed by atoms with Crippen molar-refractivity contribution >= 4 is 23.8 Å². The van der Waals surface area contributed by atoms with Crippen LogP contribution < -0.4 is 10.6 Å². The summed E-state index contributed by atoms with van der Waals surface area (Å²) in [5, 5.41) is 26.7. The second kappa shape index (κ2) is 13.9. The first-order valence-corrected chi connectivity index (χ1v) is 13.8. The number of aliphatic hydroxyl groups is 1. The normalized spacial score (nSPS) is 25.6. The Morgan fingerprint density at radius 1 is 1.00 bits per heavy atom. The molecule has 7 atom stereocenters. The van der Waals surface area contributed by atoms with Crippen molar-refractivity contribution in [1.82, 2.24) is 20.6 Å². The van der Waals surface area contributed by atoms with Crippen LogP contribution in [-0.4, -0.2) is 74.3 Å². The summed E-state index contributed by atoms with van der Waals surface area (Å²) < 4.78 is 11.3. The van der Waals surface area contributed by atoms with Gasteiger partial charge < -0.3 is 30.3 Å². The Kier molecular flexibility index (Phi) is 10.0. The summed E-state index contributed by atoms with van der Waals surface area (Å²) in [6.07, 6.45) is 0.349. The molecular formula is C31H34N4O8. The molecule has 3 aromatic rings. The fraction of sp³-hybridized carbons (Fsp3) is 0.355. The van der Waals surface area contributed by atoms with Crippen LogP contribution in [-0.2, 0) is 30.3 Å². The minimum Gasteiger partial charge on any atom is -0.505 e. The van der Waals surface area contributed by atoms with Crippen LogP contribution in [0.5, 0.6) is 5.75 Å². The highest BCUT2D eigenvalue weighted by atomic mass is 16.6. The Hall–Kier alpha value is -4.84. The predicted molar refractivity (Wildman–Crippen MR) is 152 cm³/mol. The van der Waals surface area contributed by atoms with Gasteiger partial charge in [-0.25, -0.2) is 9.78 Å². The Bertz CT molecular complexity index is 1440. The third-order valence-corrected chi connectivity index (χ3v) is 7.40. The Labute approximate surface area is 248 Å². The summed E-state index contributed by atoms with van der Waals surface area (Å²) in [6, 6.07) is 12.5. The van der Waals surface area contributed by atoms with Crippen molar-refractivity contribution in [3.63, 3.8) is 0 Å². The number of pyridine rings is 2. The highest BCUT2D eigenvalue weighted by molar-refractivity contribution is 5.98. The molecule has 0 saturated carbocycles. The van der Waals surface area contributed by atoms with E-state index >= 15 is 0 Å². The average molecular weight is 591 g/mol. The number of aromatic hydroxyl groups is 1. The first-order chi connectivity index (χ1) is 20.6. The van der Waals surface area contributed by atoms with Crippen LogP contribution in [0.25, 0.3) is 0 Å². The van der Waals surface area contributed by atoms with Crippen LogP contribution in [0.4, 0.5) is 0 Å². The summed E-state index contributed by atoms with van der Waals surface area (Å²) >= 11 is 0. The van der Waals surface area contributed by atoms with Crippen LogP contribution in [0.3, 0.4) is 0 Å². The van der Waals surface area contributed by atoms with Gasteiger partial charge in [-0.2, -0.15) is 0 Å². The summed E-state index contributed by atoms with van der Waals surface area (Å²) in [5.41, 5.74) is 1.01. The lowest BCUT2D eigenvalue weighted by Crippen LogP contribution is -2.59. The first kappa shape index (κ1) is 31.1. The van der Waals surface area contributed by atoms with Crippen molar-refractivity contribution in [3.8, 4) is 5.75 Å². The summed E-state index contributed by atoms with van der Waals surface area (Å²) in [5.74, 6) is -5.74. The number of nitrogens with one attached hydrogen (secondary N) is 2. The number of esters is 2. The number of cyclic esters (lactones) is 2. The van der Waals surface area contributed by atoms with Crippen LogP contribution in [0.2, 0.25) is 0 Å². The number of amides is 2. The molecule has 1 aromatic carbocycles. The second-order valence-corrected chi connectivity index (χ2v) is 10.5. The third kappa shape index (κ3) is 7.52. The number of aliphatic hydroxyl groups excluding tert-OH is 1. The van der Waals surface area contributed by atoms with E-state index in [-0.39, 0.29) is 12.1 Å². The van der Waals surface area contributed by atoms with E-state index in [1.54, 1.807) is 61.8 Å². The number of benzene rings is 1. The molecule has 12 heteroatoms. The molecule has 0 radical (unpaired) electrons. The smallest absolute Gasteiger partial charge is 0.348 e. The van der Waals surface area contributed by atoms with E-state index in [2.05, 4.69) is 20.6 Å². The molecule has 1 aliphatic rings. The molecule has 2 aromatic heterocycles. The lowest BCUT2D eigenvalue weighted by atomic mass is 9.91. The summed E-state index contributed by atoms with van der Waals surface area (Å²) in [7, 11) is 0. The van der Waals surface area contributed by atoms with E-state index in [1.807, 2.05) is 0 Å². The zero-order valence-electron chi connectivity index (χ0n) is 23.9. The zero-order chi connectivity index (χ0) is 31.1. The predicted octanol–water partition coefficient (Wildman–Crippen LogP) is 1.67. The maximum absolute atomic E-state index is 13.7. The molecule has 43 heavy (non-hydrogen) atoms. The van der Waals surface area contributed by atoms with Crippen molar-refractivity contribution < 1.29 is 38.9 Å². The molecule has 12 nitrogen and oxygen atoms in total. The van der Waals surface area contributed by atoms with E-state index in [4.69, 9.17) is 9.47 Å². The topological polar surface area (TPSA) is 177 Å². The van der Waals surface area contributed by atoms with Gasteiger partial charge in [0.05, 0.1) is 18.1 Å². The molecule has 1 fully saturated rings. The lowest BCUT2D eigenvalue weighted by Gasteiger charge is -2.34. The molecule has 1 saturated heterocycles. The standard InChI is InChI=1S/C31H34N4O8/c1-17(21-10-5-4-6-11-21)27-31(41)42-19(3)24(35-29(39)25-23(36)12-8-14-33-25)28(38)34-22(15-20-9-7-13-32-16-20)26(37)18(2)30(40)43-27/h4-14,16-19,22,24,26-27,36-37H,15H2,1-3H3,(H,34,38)(H,35,39)/t17-,18+,19+,22-,24-,26-,27+/m0/s1. The number of carbonyl (C=O) groups is 4. The monoisotopic (exact) mass is 590 g/mol. The van der Waals surface area contributed by atoms with Crippen molar-refractivity contribution in [2.45, 2.75) is 63.5 Å². The van der Waals surface area contributed by atoms with Crippen LogP contribution in [0.15, 0.2) is 73.2 Å². The van der Waals surface area contributed by atoms with Crippen molar-refractivity contribution in [2.24, 2.45) is 5.92 Å². The third-order valence-electron chi connectivity index (χ3n) is 7.40. The molecule has 4 N–H and O–H groups in total. The number of rotatable bonds is 6. The number of hydrogen-bond donors (Lipinski definition) is 4. The Morgan fingerprint density at radius 3 is 2.40 bits per heavy atom. The van der Waals surface area contributed by atoms with Crippen molar-refractivity contribution in [3.05, 3.63) is 90.0 Å². The Balaban J connectivity index is 1.72. The van der Waals surface area contributed by atoms with Gasteiger partial charge in [0.25, 0.3) is 5.91 Å². The fourth-order valence-electron chi connectivity index (χ4n) is 4.80. The van der Waals surface area contributed by atoms with Crippen LogP contribution in [0.1, 0.15) is 48.3 Å². The number of carbonyl (C=O) groups excluding carboxylic acids is 4. The molecule has 0 spiro atoms. The van der Waals surface area contributed by atoms with Crippen molar-refractivity contribution in [2.75, 3.05) is 0 Å². The zero-order valence-corrected chi connectivity index (χ0v) is 23.9. The van der Waals surface area contributed by atoms with E-state index in [0.717, 1.165) is 0 Å². The number of hydrogen-bond acceptors (Lipinski definition) is 10. The van der Waals surface area contributed by atoms with Gasteiger partial charge in [-0.3, -0.25) is 19.4 Å². The van der Waals surface area contributed by atoms with E-state index in [1.165, 1.54) is 32.2 Å². The van der Waals surface area contributed by atoms with Gasteiger partial charge in [0, 0.05) is 24.5 Å². The quantitative estimate of drug-likeness (QED) is 0.309. The highest BCUT2D eigenvalue weighted by Gasteiger charge is 2.41. The minimum absolute atomic E-state index is 0.0814. The van der Waals surface area contributed by atoms with Gasteiger partial charge in [-0.1, -0.05) is 43.3 Å². The largest absolute Gasteiger partial charge is 0.505 e. The number of aromatic nitrogens is 2. The van der Waals surface area contributed by atoms with Gasteiger partial charge in [-0.15, -0.1) is 0 Å². The van der Waals surface area contributed by atoms with Crippen LogP contribution in [0, 0.1) is 5.92 Å². The molecule has 0 unspecified atom stereocenters. The first-order valence-electron chi connectivity index (χ1n) is 13.8. The van der Waals surface area contributed by atoms with E-state index < -0.39 is 71.7 Å². The minimum atomic E-state index is -1.49. The fourth-order valence-corrected chi connectivity index (χ4v) is 4.80. The van der Waals surface area contributed by atoms with Gasteiger partial charge in [0.2, 0.25) is 12.0 Å². The SMILES string of the molecule is C[C@H]1OC(=O)[C@@H]([C@@H](C)c2ccccc2)OC(=O)[C@H](C)[C@H](O)[C@H](Cc2cccnc2)NC(=O)[C@H]1NC(=O)c1ncccc1O. The molecule has 1 aliphatic heterocycles. The Morgan fingerprint density at radius 2 is 1.72 bits per heavy atom. The molecule has 0 bridgehead atoms. The van der Waals surface area contributed by atoms with E-state index in [0.29, 0.717) is 11.1 Å². The molecule has 2 amide bonds. The van der Waals surface area contributed by atoms with Gasteiger partial charge in [0.15, 0.2) is 5.69 Å². The maximum Gasteiger partial charge on any atom is 0.348 e. The van der Waals surface area contributed by atoms with Gasteiger partial charge in [-0.05, 0) is 49.6 Å². The summed E-state index contributed by atoms with van der Waals surface area (Å²) in [6.45, 7) is 4.52. The molecule has 3 heterocycles. The highest BCUT2D eigenvalue weighted by Crippen LogP contribution is 2.26. The molecule has 4 rings (SSSR count). The number of nitrogens with zero attached hydrogens (tertiary/aromatic N) is 2. The van der Waals surface area contributed by atoms with Crippen LogP contribution >= 0.6 is 0 Å². The maximum atomic E-state index is 13.7. The van der Waals surface area contributed by atoms with Crippen molar-refractivity contribution in [1.29, 1.82) is 0 Å². The average Bonchev–Trinajstić information content (AvgIpc) is 3.01. The van der Waals surface area contributed by atoms with E-state index in [9.17, 15) is 29.4 Å². The lowest BCUT2D eigenvalue weighted by molar-refractivity contribution is -0.178. The second-order valence-electron chi connectivity index (χ2n) is 10.5. The molecule has 0 aliphatic carbocycles. The number of ether oxygens (including phenoxy) is 2. The molecular weight excluding hydrogens is 556 g/mol. The molecule has 226 valence electrons.